The molecule has 0 radical (unpaired) electrons. The minimum atomic E-state index is -1.75. The zero-order valence-electron chi connectivity index (χ0n) is 5.35. The van der Waals surface area contributed by atoms with Crippen LogP contribution in [0.2, 0.25) is 0 Å². The summed E-state index contributed by atoms with van der Waals surface area (Å²) < 4.78 is 0. The summed E-state index contributed by atoms with van der Waals surface area (Å²) >= 11 is 0. The summed E-state index contributed by atoms with van der Waals surface area (Å²) in [7, 11) is 0. The molecule has 0 rings (SSSR count). The molecule has 0 saturated carbocycles. The zero-order valence-corrected chi connectivity index (χ0v) is 10.9. The Morgan fingerprint density at radius 2 is 1.00 bits per heavy atom. The van der Waals surface area contributed by atoms with Gasteiger partial charge < -0.3 is 35.9 Å². The Kier molecular flexibility index (Phi) is 42.2. The van der Waals surface area contributed by atoms with Crippen LogP contribution in [0.15, 0.2) is 5.34 Å². The van der Waals surface area contributed by atoms with E-state index in [1.165, 1.54) is 5.34 Å². The first-order chi connectivity index (χ1) is 4.88. The zero-order chi connectivity index (χ0) is 9.86. The van der Waals surface area contributed by atoms with Gasteiger partial charge in [0.2, 0.25) is 0 Å². The second-order valence-electron chi connectivity index (χ2n) is 0.529. The largest absolute Gasteiger partial charge is 2.00 e. The van der Waals surface area contributed by atoms with Gasteiger partial charge >= 0.3 is 27.7 Å². The molecular weight excluding hydrogens is 371 g/mol. The van der Waals surface area contributed by atoms with Crippen molar-refractivity contribution in [1.82, 2.24) is 0 Å². The van der Waals surface area contributed by atoms with E-state index in [0.717, 1.165) is 0 Å². The second-order valence-corrected chi connectivity index (χ2v) is 0.529. The molecule has 1 N–H and O–H groups in total. The van der Waals surface area contributed by atoms with Crippen LogP contribution in [-0.2, 0) is 27.7 Å². The SMILES string of the molecule is O=NO.O=[N+]([O-])[O-].O=[N+]([O-])[O-].[Hg+2]. The van der Waals surface area contributed by atoms with Gasteiger partial charge in [0.1, 0.15) is 0 Å². The molecule has 0 amide bonds. The fourth-order valence-corrected chi connectivity index (χ4v) is 0. The van der Waals surface area contributed by atoms with E-state index in [4.69, 9.17) is 40.8 Å². The van der Waals surface area contributed by atoms with E-state index in [1.54, 1.807) is 0 Å². The molecule has 0 saturated heterocycles. The van der Waals surface area contributed by atoms with Crippen LogP contribution >= 0.6 is 0 Å². The molecule has 0 aromatic rings. The van der Waals surface area contributed by atoms with Gasteiger partial charge in [-0.2, -0.15) is 0 Å². The Morgan fingerprint density at radius 3 is 1.00 bits per heavy atom. The van der Waals surface area contributed by atoms with E-state index < -0.39 is 10.2 Å². The van der Waals surface area contributed by atoms with Crippen LogP contribution in [0.4, 0.5) is 0 Å². The van der Waals surface area contributed by atoms with Crippen molar-refractivity contribution in [2.24, 2.45) is 5.34 Å². The third-order valence-corrected chi connectivity index (χ3v) is 0. The normalized spacial score (nSPS) is 5.00. The third-order valence-electron chi connectivity index (χ3n) is 0. The van der Waals surface area contributed by atoms with Gasteiger partial charge in [0, 0.05) is 0 Å². The molecule has 0 aliphatic carbocycles. The Bertz CT molecular complexity index is 101. The average Bonchev–Trinajstić information content (AvgIpc) is 1.60. The first kappa shape index (κ1) is 22.4. The Morgan fingerprint density at radius 1 is 1.00 bits per heavy atom. The van der Waals surface area contributed by atoms with Gasteiger partial charge in [0.05, 0.1) is 10.2 Å². The van der Waals surface area contributed by atoms with E-state index in [-0.39, 0.29) is 27.7 Å². The maximum atomic E-state index is 8.25. The van der Waals surface area contributed by atoms with Crippen molar-refractivity contribution in [3.05, 3.63) is 35.6 Å². The minimum Gasteiger partial charge on any atom is -0.379 e. The maximum absolute atomic E-state index is 8.25. The molecule has 0 aliphatic rings. The standard InChI is InChI=1S/Hg.2NO3.HNO2/c;2*2-1(3)4;2-1-3/h;;;(H,2,3)/q+2;2*-1;. The summed E-state index contributed by atoms with van der Waals surface area (Å²) in [6.07, 6.45) is 0. The second kappa shape index (κ2) is 22.6. The first-order valence-corrected chi connectivity index (χ1v) is 1.48. The van der Waals surface area contributed by atoms with Crippen molar-refractivity contribution in [3.63, 3.8) is 0 Å². The van der Waals surface area contributed by atoms with Crippen LogP contribution in [0.25, 0.3) is 0 Å². The van der Waals surface area contributed by atoms with E-state index in [0.29, 0.717) is 0 Å². The van der Waals surface area contributed by atoms with E-state index in [1.807, 2.05) is 0 Å². The summed E-state index contributed by atoms with van der Waals surface area (Å²) in [4.78, 5) is 24.6. The number of nitrogens with zero attached hydrogens (tertiary/aromatic N) is 3. The van der Waals surface area contributed by atoms with Gasteiger partial charge in [-0.05, 0) is 0 Å². The molecule has 12 heavy (non-hydrogen) atoms. The van der Waals surface area contributed by atoms with Gasteiger partial charge in [0.15, 0.2) is 5.34 Å². The predicted octanol–water partition coefficient (Wildman–Crippen LogP) is -0.339. The topological polar surface area (TPSA) is 182 Å². The maximum Gasteiger partial charge on any atom is 2.00 e. The average molecular weight is 372 g/mol. The minimum absolute atomic E-state index is 0. The van der Waals surface area contributed by atoms with Crippen molar-refractivity contribution in [2.45, 2.75) is 0 Å². The molecule has 0 spiro atoms. The molecule has 0 aliphatic heterocycles. The van der Waals surface area contributed by atoms with Crippen molar-refractivity contribution in [3.8, 4) is 0 Å². The van der Waals surface area contributed by atoms with Crippen LogP contribution in [0.5, 0.6) is 0 Å². The van der Waals surface area contributed by atoms with Gasteiger partial charge in [-0.1, -0.05) is 0 Å². The first-order valence-electron chi connectivity index (χ1n) is 1.48. The summed E-state index contributed by atoms with van der Waals surface area (Å²) in [6, 6.07) is 0. The summed E-state index contributed by atoms with van der Waals surface area (Å²) in [6.45, 7) is 0. The van der Waals surface area contributed by atoms with E-state index >= 15 is 0 Å². The Hall–Kier alpha value is -1.26. The number of hydrogen-bond donors (Lipinski definition) is 1. The number of rotatable bonds is 0. The number of hydrogen-bond acceptors (Lipinski definition) is 8. The van der Waals surface area contributed by atoms with Crippen LogP contribution in [0, 0.1) is 35.6 Å². The van der Waals surface area contributed by atoms with Gasteiger partial charge in [-0.15, -0.1) is 4.91 Å². The van der Waals surface area contributed by atoms with E-state index in [2.05, 4.69) is 0 Å². The Balaban J connectivity index is -0.0000000389. The van der Waals surface area contributed by atoms with Crippen LogP contribution < -0.4 is 0 Å². The molecule has 0 unspecified atom stereocenters. The molecule has 0 aromatic heterocycles. The van der Waals surface area contributed by atoms with E-state index in [9.17, 15) is 0 Å². The van der Waals surface area contributed by atoms with Crippen molar-refractivity contribution >= 4 is 0 Å². The van der Waals surface area contributed by atoms with Crippen LogP contribution in [0.3, 0.4) is 0 Å². The van der Waals surface area contributed by atoms with Crippen LogP contribution in [0.1, 0.15) is 0 Å². The van der Waals surface area contributed by atoms with Gasteiger partial charge in [-0.3, -0.25) is 0 Å². The van der Waals surface area contributed by atoms with Crippen molar-refractivity contribution in [1.29, 1.82) is 0 Å². The summed E-state index contributed by atoms with van der Waals surface area (Å²) in [5, 5.41) is 37.4. The fraction of sp³-hybridized carbons (Fsp3) is 0. The van der Waals surface area contributed by atoms with Crippen molar-refractivity contribution < 1.29 is 43.0 Å². The third kappa shape index (κ3) is 327. The molecule has 0 heterocycles. The monoisotopic (exact) mass is 373 g/mol. The molecule has 0 fully saturated rings. The Labute approximate surface area is 84.3 Å². The quantitative estimate of drug-likeness (QED) is 0.259. The summed E-state index contributed by atoms with van der Waals surface area (Å²) in [5.74, 6) is 0. The fourth-order valence-electron chi connectivity index (χ4n) is 0. The van der Waals surface area contributed by atoms with Crippen molar-refractivity contribution in [2.75, 3.05) is 0 Å². The van der Waals surface area contributed by atoms with Gasteiger partial charge in [0.25, 0.3) is 0 Å². The molecule has 12 heteroatoms. The van der Waals surface area contributed by atoms with Crippen LogP contribution in [-0.4, -0.2) is 15.4 Å². The summed E-state index contributed by atoms with van der Waals surface area (Å²) in [5.41, 5.74) is 0. The molecule has 66 valence electrons. The molecular formula is HHgN3O8. The smallest absolute Gasteiger partial charge is 0.379 e. The molecule has 0 atom stereocenters. The molecule has 0 aromatic carbocycles. The molecule has 11 nitrogen and oxygen atoms in total. The van der Waals surface area contributed by atoms with Gasteiger partial charge in [-0.25, -0.2) is 0 Å². The predicted molar refractivity (Wildman–Crippen MR) is 28.3 cm³/mol. The molecule has 0 bridgehead atoms.